The number of hydrogen-bond acceptors (Lipinski definition) is 12. The molecule has 0 radical (unpaired) electrons. The molecule has 4 heterocycles. The number of nitrogens with one attached hydrogen (secondary N) is 2. The van der Waals surface area contributed by atoms with Crippen molar-refractivity contribution in [2.24, 2.45) is 29.1 Å². The Morgan fingerprint density at radius 2 is 0.945 bits per heavy atom. The summed E-state index contributed by atoms with van der Waals surface area (Å²) >= 11 is 0. The number of aliphatic hydroxyl groups is 1. The van der Waals surface area contributed by atoms with Gasteiger partial charge in [0.1, 0.15) is 19.8 Å². The Morgan fingerprint density at radius 3 is 1.25 bits per heavy atom. The number of carbonyl (C=O) groups is 3. The molecule has 5 unspecified atom stereocenters. The number of aliphatic hydroxyl groups excluding tert-OH is 1. The Kier molecular flexibility index (Phi) is 12.3. The SMILES string of the molecule is CN1C(C)(C)CC(C(=O)OCC(COC(=O)C2CC(C)(C)NC2(C)C)(COC(=O)C2CC(C)(C)N(C)C2(C)C)COC(O)C2CC(C)(C)NC2(C)C)C1(C)C. The van der Waals surface area contributed by atoms with E-state index in [9.17, 15) is 19.5 Å². The van der Waals surface area contributed by atoms with E-state index in [2.05, 4.69) is 75.8 Å². The minimum Gasteiger partial charge on any atom is -0.464 e. The molecule has 0 aromatic heterocycles. The number of carbonyl (C=O) groups excluding carboxylic acids is 3. The summed E-state index contributed by atoms with van der Waals surface area (Å²) in [5.41, 5.74) is -4.22. The zero-order chi connectivity index (χ0) is 42.2. The third kappa shape index (κ3) is 9.40. The molecule has 318 valence electrons. The van der Waals surface area contributed by atoms with E-state index in [-0.39, 0.29) is 66.4 Å². The van der Waals surface area contributed by atoms with Gasteiger partial charge in [0.2, 0.25) is 0 Å². The molecule has 0 saturated carbocycles. The summed E-state index contributed by atoms with van der Waals surface area (Å²) < 4.78 is 25.0. The Morgan fingerprint density at radius 1 is 0.582 bits per heavy atom. The summed E-state index contributed by atoms with van der Waals surface area (Å²) in [6.07, 6.45) is 1.23. The van der Waals surface area contributed by atoms with Crippen LogP contribution in [0.5, 0.6) is 0 Å². The number of rotatable bonds is 13. The Balaban J connectivity index is 1.68. The molecule has 0 aromatic rings. The molecule has 0 aromatic carbocycles. The van der Waals surface area contributed by atoms with E-state index < -0.39 is 57.6 Å². The number of hydrogen-bond donors (Lipinski definition) is 3. The first kappa shape index (κ1) is 45.9. The molecule has 0 aliphatic carbocycles. The Labute approximate surface area is 332 Å². The smallest absolute Gasteiger partial charge is 0.310 e. The van der Waals surface area contributed by atoms with Gasteiger partial charge in [0, 0.05) is 50.2 Å². The van der Waals surface area contributed by atoms with E-state index >= 15 is 0 Å². The van der Waals surface area contributed by atoms with Gasteiger partial charge < -0.3 is 34.7 Å². The molecule has 3 N–H and O–H groups in total. The second kappa shape index (κ2) is 14.8. The molecule has 12 nitrogen and oxygen atoms in total. The fraction of sp³-hybridized carbons (Fsp3) is 0.930. The number of nitrogens with zero attached hydrogens (tertiary/aromatic N) is 2. The lowest BCUT2D eigenvalue weighted by atomic mass is 9.85. The topological polar surface area (TPSA) is 139 Å². The average molecular weight is 779 g/mol. The molecule has 55 heavy (non-hydrogen) atoms. The maximum absolute atomic E-state index is 14.1. The van der Waals surface area contributed by atoms with Crippen LogP contribution in [0, 0.1) is 29.1 Å². The van der Waals surface area contributed by atoms with Gasteiger partial charge in [-0.3, -0.25) is 24.2 Å². The van der Waals surface area contributed by atoms with Gasteiger partial charge in [-0.1, -0.05) is 0 Å². The van der Waals surface area contributed by atoms with Gasteiger partial charge in [-0.05, 0) is 151 Å². The highest BCUT2D eigenvalue weighted by Crippen LogP contribution is 2.46. The van der Waals surface area contributed by atoms with Crippen LogP contribution in [0.15, 0.2) is 0 Å². The van der Waals surface area contributed by atoms with E-state index in [0.717, 1.165) is 0 Å². The largest absolute Gasteiger partial charge is 0.464 e. The highest BCUT2D eigenvalue weighted by Gasteiger charge is 2.56. The van der Waals surface area contributed by atoms with E-state index in [4.69, 9.17) is 18.9 Å². The zero-order valence-electron chi connectivity index (χ0n) is 37.7. The van der Waals surface area contributed by atoms with Crippen LogP contribution in [-0.4, -0.2) is 124 Å². The molecule has 12 heteroatoms. The summed E-state index contributed by atoms with van der Waals surface area (Å²) in [7, 11) is 4.05. The molecule has 5 atom stereocenters. The van der Waals surface area contributed by atoms with Crippen molar-refractivity contribution in [2.75, 3.05) is 40.5 Å². The normalized spacial score (nSPS) is 32.8. The molecule has 0 amide bonds. The van der Waals surface area contributed by atoms with Crippen molar-refractivity contribution in [3.05, 3.63) is 0 Å². The highest BCUT2D eigenvalue weighted by molar-refractivity contribution is 5.76. The van der Waals surface area contributed by atoms with E-state index in [0.29, 0.717) is 25.7 Å². The molecule has 4 aliphatic rings. The van der Waals surface area contributed by atoms with Gasteiger partial charge in [0.25, 0.3) is 0 Å². The van der Waals surface area contributed by atoms with Crippen molar-refractivity contribution in [1.82, 2.24) is 20.4 Å². The fourth-order valence-corrected chi connectivity index (χ4v) is 10.6. The van der Waals surface area contributed by atoms with Crippen LogP contribution in [-0.2, 0) is 33.3 Å². The van der Waals surface area contributed by atoms with Gasteiger partial charge in [0.15, 0.2) is 6.29 Å². The second-order valence-corrected chi connectivity index (χ2v) is 22.6. The van der Waals surface area contributed by atoms with E-state index in [1.165, 1.54) is 0 Å². The molecular formula is C43H78N4O8. The van der Waals surface area contributed by atoms with Crippen LogP contribution in [0.4, 0.5) is 0 Å². The quantitative estimate of drug-likeness (QED) is 0.127. The lowest BCUT2D eigenvalue weighted by Gasteiger charge is -2.39. The van der Waals surface area contributed by atoms with Gasteiger partial charge in [-0.15, -0.1) is 0 Å². The summed E-state index contributed by atoms with van der Waals surface area (Å²) in [6.45, 7) is 32.1. The van der Waals surface area contributed by atoms with Crippen LogP contribution in [0.1, 0.15) is 136 Å². The fourth-order valence-electron chi connectivity index (χ4n) is 10.6. The summed E-state index contributed by atoms with van der Waals surface area (Å²) in [4.78, 5) is 46.6. The first-order chi connectivity index (χ1) is 24.6. The van der Waals surface area contributed by atoms with Crippen LogP contribution in [0.25, 0.3) is 0 Å². The number of esters is 3. The second-order valence-electron chi connectivity index (χ2n) is 22.6. The molecule has 4 fully saturated rings. The standard InChI is InChI=1S/C43H78N4O8/c1-35(2)19-27(39(9,10)44-35)31(48)52-23-43(24-53-32(49)28-20-36(3,4)45-40(28,11)12,25-54-33(50)29-21-37(5,6)46(17)41(29,13)14)26-55-34(51)30-22-38(7,8)47(18)42(30,15)16/h27-31,44-45,48H,19-26H2,1-18H3. The number of likely N-dealkylation sites (tertiary alicyclic amines) is 2. The van der Waals surface area contributed by atoms with Gasteiger partial charge >= 0.3 is 17.9 Å². The molecule has 0 spiro atoms. The first-order valence-corrected chi connectivity index (χ1v) is 20.5. The van der Waals surface area contributed by atoms with Crippen molar-refractivity contribution in [3.8, 4) is 0 Å². The van der Waals surface area contributed by atoms with Crippen molar-refractivity contribution in [1.29, 1.82) is 0 Å². The summed E-state index contributed by atoms with van der Waals surface area (Å²) in [6, 6.07) is 0. The first-order valence-electron chi connectivity index (χ1n) is 20.5. The molecule has 4 aliphatic heterocycles. The molecular weight excluding hydrogens is 700 g/mol. The van der Waals surface area contributed by atoms with E-state index in [1.807, 2.05) is 69.5 Å². The summed E-state index contributed by atoms with van der Waals surface area (Å²) in [5, 5.41) is 18.8. The van der Waals surface area contributed by atoms with Crippen molar-refractivity contribution in [3.63, 3.8) is 0 Å². The van der Waals surface area contributed by atoms with Gasteiger partial charge in [-0.2, -0.15) is 0 Å². The molecule has 4 saturated heterocycles. The monoisotopic (exact) mass is 779 g/mol. The Bertz CT molecular complexity index is 1390. The summed E-state index contributed by atoms with van der Waals surface area (Å²) in [5.74, 6) is -2.73. The van der Waals surface area contributed by atoms with Crippen molar-refractivity contribution < 1.29 is 38.4 Å². The van der Waals surface area contributed by atoms with Crippen molar-refractivity contribution >= 4 is 17.9 Å². The van der Waals surface area contributed by atoms with E-state index in [1.54, 1.807) is 0 Å². The predicted octanol–water partition coefficient (Wildman–Crippen LogP) is 5.29. The lowest BCUT2D eigenvalue weighted by molar-refractivity contribution is -0.197. The van der Waals surface area contributed by atoms with Crippen LogP contribution in [0.2, 0.25) is 0 Å². The minimum atomic E-state index is -1.33. The number of ether oxygens (including phenoxy) is 4. The maximum atomic E-state index is 14.1. The lowest BCUT2D eigenvalue weighted by Crippen LogP contribution is -2.51. The zero-order valence-corrected chi connectivity index (χ0v) is 37.7. The molecule has 4 rings (SSSR count). The van der Waals surface area contributed by atoms with Gasteiger partial charge in [0.05, 0.1) is 29.8 Å². The average Bonchev–Trinajstić information content (AvgIpc) is 3.55. The van der Waals surface area contributed by atoms with Gasteiger partial charge in [-0.25, -0.2) is 0 Å². The minimum absolute atomic E-state index is 0.189. The highest BCUT2D eigenvalue weighted by atomic mass is 16.6. The van der Waals surface area contributed by atoms with Crippen molar-refractivity contribution in [2.45, 2.75) is 187 Å². The molecule has 0 bridgehead atoms. The predicted molar refractivity (Wildman–Crippen MR) is 214 cm³/mol. The van der Waals surface area contributed by atoms with Crippen LogP contribution < -0.4 is 10.6 Å². The third-order valence-electron chi connectivity index (χ3n) is 14.5. The van der Waals surface area contributed by atoms with Crippen LogP contribution in [0.3, 0.4) is 0 Å². The maximum Gasteiger partial charge on any atom is 0.310 e. The Hall–Kier alpha value is -1.83. The third-order valence-corrected chi connectivity index (χ3v) is 14.5. The van der Waals surface area contributed by atoms with Crippen LogP contribution >= 0.6 is 0 Å².